The predicted octanol–water partition coefficient (Wildman–Crippen LogP) is 4.01. The number of ether oxygens (including phenoxy) is 1. The molecule has 0 aromatic carbocycles. The van der Waals surface area contributed by atoms with Crippen molar-refractivity contribution in [2.45, 2.75) is 57.5 Å². The van der Waals surface area contributed by atoms with E-state index in [2.05, 4.69) is 32.2 Å². The van der Waals surface area contributed by atoms with Crippen LogP contribution in [0.15, 0.2) is 6.07 Å². The first-order valence-corrected chi connectivity index (χ1v) is 8.18. The van der Waals surface area contributed by atoms with E-state index in [1.54, 1.807) is 18.4 Å². The lowest BCUT2D eigenvalue weighted by atomic mass is 9.73. The Morgan fingerprint density at radius 2 is 2.05 bits per heavy atom. The van der Waals surface area contributed by atoms with Crippen LogP contribution in [0.2, 0.25) is 4.34 Å². The molecular weight excluding hydrogens is 278 g/mol. The van der Waals surface area contributed by atoms with E-state index in [-0.39, 0.29) is 5.41 Å². The van der Waals surface area contributed by atoms with Gasteiger partial charge in [0.2, 0.25) is 0 Å². The fraction of sp³-hybridized carbons (Fsp3) is 0.733. The van der Waals surface area contributed by atoms with Crippen molar-refractivity contribution in [1.29, 1.82) is 0 Å². The van der Waals surface area contributed by atoms with Gasteiger partial charge in [0.15, 0.2) is 0 Å². The summed E-state index contributed by atoms with van der Waals surface area (Å²) in [7, 11) is 1.75. The van der Waals surface area contributed by atoms with Crippen LogP contribution in [0.1, 0.15) is 44.1 Å². The van der Waals surface area contributed by atoms with Gasteiger partial charge in [0.05, 0.1) is 10.9 Å². The quantitative estimate of drug-likeness (QED) is 0.907. The smallest absolute Gasteiger partial charge is 0.0934 e. The van der Waals surface area contributed by atoms with Crippen molar-refractivity contribution in [3.05, 3.63) is 20.8 Å². The summed E-state index contributed by atoms with van der Waals surface area (Å²) in [6.07, 6.45) is 3.31. The summed E-state index contributed by atoms with van der Waals surface area (Å²) >= 11 is 8.02. The molecule has 0 saturated carbocycles. The summed E-state index contributed by atoms with van der Waals surface area (Å²) in [4.78, 5) is 1.47. The van der Waals surface area contributed by atoms with Crippen LogP contribution in [-0.2, 0) is 16.6 Å². The lowest BCUT2D eigenvalue weighted by Crippen LogP contribution is -2.48. The Morgan fingerprint density at radius 3 is 2.63 bits per heavy atom. The zero-order valence-corrected chi connectivity index (χ0v) is 13.8. The molecule has 2 heterocycles. The fourth-order valence-electron chi connectivity index (χ4n) is 3.53. The Kier molecular flexibility index (Phi) is 4.93. The van der Waals surface area contributed by atoms with Crippen LogP contribution in [0.4, 0.5) is 0 Å². The monoisotopic (exact) mass is 301 g/mol. The lowest BCUT2D eigenvalue weighted by molar-refractivity contribution is 0.200. The lowest BCUT2D eigenvalue weighted by Gasteiger charge is -2.41. The zero-order chi connectivity index (χ0) is 14.0. The summed E-state index contributed by atoms with van der Waals surface area (Å²) in [6, 6.07) is 3.25. The molecule has 1 N–H and O–H groups in total. The summed E-state index contributed by atoms with van der Waals surface area (Å²) < 4.78 is 6.13. The van der Waals surface area contributed by atoms with Gasteiger partial charge in [0, 0.05) is 29.5 Å². The van der Waals surface area contributed by atoms with Crippen LogP contribution < -0.4 is 5.32 Å². The Bertz CT molecular complexity index is 422. The summed E-state index contributed by atoms with van der Waals surface area (Å²) in [5, 5.41) is 3.62. The Morgan fingerprint density at radius 1 is 1.42 bits per heavy atom. The van der Waals surface area contributed by atoms with Crippen molar-refractivity contribution < 1.29 is 4.74 Å². The molecule has 2 atom stereocenters. The second-order valence-corrected chi connectivity index (χ2v) is 7.77. The molecule has 1 saturated heterocycles. The molecule has 0 radical (unpaired) electrons. The molecule has 1 aliphatic heterocycles. The molecule has 0 aliphatic carbocycles. The SMILES string of the molecule is COCCc1cc(Cl)sc1C1(C)CC(C)NC(C)C1. The first-order chi connectivity index (χ1) is 8.94. The molecule has 1 fully saturated rings. The molecular formula is C15H24ClNOS. The predicted molar refractivity (Wildman–Crippen MR) is 83.6 cm³/mol. The minimum absolute atomic E-state index is 0.241. The van der Waals surface area contributed by atoms with E-state index in [4.69, 9.17) is 16.3 Å². The van der Waals surface area contributed by atoms with E-state index in [0.717, 1.165) is 17.4 Å². The zero-order valence-electron chi connectivity index (χ0n) is 12.3. The van der Waals surface area contributed by atoms with Gasteiger partial charge in [-0.2, -0.15) is 0 Å². The average molecular weight is 302 g/mol. The van der Waals surface area contributed by atoms with Gasteiger partial charge in [0.1, 0.15) is 0 Å². The number of nitrogens with one attached hydrogen (secondary N) is 1. The van der Waals surface area contributed by atoms with E-state index < -0.39 is 0 Å². The van der Waals surface area contributed by atoms with E-state index in [1.807, 2.05) is 0 Å². The molecule has 0 amide bonds. The topological polar surface area (TPSA) is 21.3 Å². The number of halogens is 1. The van der Waals surface area contributed by atoms with Crippen molar-refractivity contribution >= 4 is 22.9 Å². The van der Waals surface area contributed by atoms with Gasteiger partial charge in [-0.05, 0) is 44.7 Å². The van der Waals surface area contributed by atoms with Crippen LogP contribution in [-0.4, -0.2) is 25.8 Å². The van der Waals surface area contributed by atoms with Gasteiger partial charge in [-0.3, -0.25) is 0 Å². The largest absolute Gasteiger partial charge is 0.384 e. The third-order valence-electron chi connectivity index (χ3n) is 3.99. The minimum atomic E-state index is 0.241. The maximum absolute atomic E-state index is 6.26. The second-order valence-electron chi connectivity index (χ2n) is 6.09. The summed E-state index contributed by atoms with van der Waals surface area (Å²) in [6.45, 7) is 7.70. The Hall–Kier alpha value is -0.0900. The van der Waals surface area contributed by atoms with Crippen LogP contribution in [0.3, 0.4) is 0 Å². The van der Waals surface area contributed by atoms with E-state index in [1.165, 1.54) is 23.3 Å². The molecule has 1 aliphatic rings. The minimum Gasteiger partial charge on any atom is -0.384 e. The molecule has 4 heteroatoms. The number of rotatable bonds is 4. The van der Waals surface area contributed by atoms with Crippen molar-refractivity contribution in [2.75, 3.05) is 13.7 Å². The molecule has 108 valence electrons. The highest BCUT2D eigenvalue weighted by molar-refractivity contribution is 7.16. The number of thiophene rings is 1. The number of methoxy groups -OCH3 is 1. The van der Waals surface area contributed by atoms with Crippen molar-refractivity contribution in [3.8, 4) is 0 Å². The van der Waals surface area contributed by atoms with Crippen LogP contribution >= 0.6 is 22.9 Å². The molecule has 1 aromatic heterocycles. The van der Waals surface area contributed by atoms with Gasteiger partial charge in [0.25, 0.3) is 0 Å². The first kappa shape index (κ1) is 15.3. The van der Waals surface area contributed by atoms with Gasteiger partial charge in [-0.25, -0.2) is 0 Å². The fourth-order valence-corrected chi connectivity index (χ4v) is 4.99. The summed E-state index contributed by atoms with van der Waals surface area (Å²) in [5.74, 6) is 0. The van der Waals surface area contributed by atoms with E-state index >= 15 is 0 Å². The molecule has 19 heavy (non-hydrogen) atoms. The third kappa shape index (κ3) is 3.52. The highest BCUT2D eigenvalue weighted by Gasteiger charge is 2.37. The van der Waals surface area contributed by atoms with Crippen molar-refractivity contribution in [2.24, 2.45) is 0 Å². The van der Waals surface area contributed by atoms with Crippen molar-refractivity contribution in [3.63, 3.8) is 0 Å². The summed E-state index contributed by atoms with van der Waals surface area (Å²) in [5.41, 5.74) is 1.62. The average Bonchev–Trinajstić information content (AvgIpc) is 2.66. The second kappa shape index (κ2) is 6.13. The van der Waals surface area contributed by atoms with Gasteiger partial charge < -0.3 is 10.1 Å². The maximum atomic E-state index is 6.26. The highest BCUT2D eigenvalue weighted by Crippen LogP contribution is 2.44. The Labute approximate surface area is 125 Å². The van der Waals surface area contributed by atoms with Crippen LogP contribution in [0.5, 0.6) is 0 Å². The van der Waals surface area contributed by atoms with Crippen LogP contribution in [0, 0.1) is 0 Å². The molecule has 0 bridgehead atoms. The van der Waals surface area contributed by atoms with Crippen LogP contribution in [0.25, 0.3) is 0 Å². The standard InChI is InChI=1S/C15H24ClNOS/c1-10-8-15(3,9-11(2)17-10)14-12(5-6-18-4)7-13(16)19-14/h7,10-11,17H,5-6,8-9H2,1-4H3. The number of hydrogen-bond donors (Lipinski definition) is 1. The third-order valence-corrected chi connectivity index (χ3v) is 5.60. The highest BCUT2D eigenvalue weighted by atomic mass is 35.5. The molecule has 2 nitrogen and oxygen atoms in total. The molecule has 1 aromatic rings. The normalized spacial score (nSPS) is 31.6. The van der Waals surface area contributed by atoms with Gasteiger partial charge in [-0.15, -0.1) is 11.3 Å². The maximum Gasteiger partial charge on any atom is 0.0934 e. The Balaban J connectivity index is 2.28. The first-order valence-electron chi connectivity index (χ1n) is 6.98. The molecule has 2 unspecified atom stereocenters. The molecule has 0 spiro atoms. The van der Waals surface area contributed by atoms with E-state index in [9.17, 15) is 0 Å². The molecule has 2 rings (SSSR count). The van der Waals surface area contributed by atoms with Gasteiger partial charge in [-0.1, -0.05) is 18.5 Å². The van der Waals surface area contributed by atoms with E-state index in [0.29, 0.717) is 12.1 Å². The number of hydrogen-bond acceptors (Lipinski definition) is 3. The van der Waals surface area contributed by atoms with Gasteiger partial charge >= 0.3 is 0 Å². The van der Waals surface area contributed by atoms with Crippen molar-refractivity contribution in [1.82, 2.24) is 5.32 Å². The number of piperidine rings is 1.